The van der Waals surface area contributed by atoms with Crippen molar-refractivity contribution in [3.63, 3.8) is 0 Å². The topological polar surface area (TPSA) is 24.1 Å². The molecule has 23 heavy (non-hydrogen) atoms. The maximum atomic E-state index is 3.68. The Morgan fingerprint density at radius 1 is 0.913 bits per heavy atom. The van der Waals surface area contributed by atoms with Gasteiger partial charge < -0.3 is 10.6 Å². The molecule has 1 aromatic rings. The second-order valence-electron chi connectivity index (χ2n) is 7.20. The monoisotopic (exact) mass is 314 g/mol. The average molecular weight is 315 g/mol. The molecule has 0 radical (unpaired) electrons. The van der Waals surface area contributed by atoms with Crippen LogP contribution < -0.4 is 10.6 Å². The summed E-state index contributed by atoms with van der Waals surface area (Å²) in [5.74, 6) is 0. The Bertz CT molecular complexity index is 490. The van der Waals surface area contributed by atoms with Gasteiger partial charge in [0, 0.05) is 17.5 Å². The van der Waals surface area contributed by atoms with Crippen LogP contribution in [-0.4, -0.2) is 25.2 Å². The molecule has 0 saturated heterocycles. The highest BCUT2D eigenvalue weighted by molar-refractivity contribution is 5.65. The van der Waals surface area contributed by atoms with Crippen LogP contribution in [0.2, 0.25) is 0 Å². The van der Waals surface area contributed by atoms with Crippen molar-refractivity contribution in [2.24, 2.45) is 0 Å². The van der Waals surface area contributed by atoms with E-state index < -0.39 is 0 Å². The smallest absolute Gasteiger partial charge is 0.0170 e. The number of hydrogen-bond donors (Lipinski definition) is 2. The number of nitrogens with one attached hydrogen (secondary N) is 2. The first kappa shape index (κ1) is 18.2. The third-order valence-electron chi connectivity index (χ3n) is 4.91. The lowest BCUT2D eigenvalue weighted by atomic mass is 9.73. The van der Waals surface area contributed by atoms with Crippen molar-refractivity contribution < 1.29 is 0 Å². The first-order valence-corrected chi connectivity index (χ1v) is 9.37. The second kappa shape index (κ2) is 8.65. The third-order valence-corrected chi connectivity index (χ3v) is 4.91. The fourth-order valence-corrected chi connectivity index (χ4v) is 3.89. The van der Waals surface area contributed by atoms with E-state index in [9.17, 15) is 0 Å². The maximum Gasteiger partial charge on any atom is 0.0170 e. The lowest BCUT2D eigenvalue weighted by Gasteiger charge is -2.35. The minimum Gasteiger partial charge on any atom is -0.314 e. The molecule has 0 amide bonds. The van der Waals surface area contributed by atoms with Crippen molar-refractivity contribution in [1.29, 1.82) is 0 Å². The van der Waals surface area contributed by atoms with E-state index in [1.165, 1.54) is 36.8 Å². The molecule has 0 aromatic heterocycles. The van der Waals surface area contributed by atoms with Gasteiger partial charge in [0.1, 0.15) is 0 Å². The van der Waals surface area contributed by atoms with E-state index in [1.54, 1.807) is 0 Å². The Balaban J connectivity index is 2.17. The van der Waals surface area contributed by atoms with Crippen LogP contribution in [0.15, 0.2) is 30.3 Å². The van der Waals surface area contributed by atoms with Crippen molar-refractivity contribution in [2.75, 3.05) is 13.1 Å². The van der Waals surface area contributed by atoms with Crippen molar-refractivity contribution >= 4 is 6.08 Å². The molecule has 2 atom stereocenters. The van der Waals surface area contributed by atoms with Crippen LogP contribution in [0.3, 0.4) is 0 Å². The van der Waals surface area contributed by atoms with E-state index in [0.29, 0.717) is 12.1 Å². The molecule has 1 aliphatic rings. The van der Waals surface area contributed by atoms with Crippen LogP contribution in [-0.2, 0) is 5.41 Å². The number of allylic oxidation sites excluding steroid dienone is 1. The molecule has 0 spiro atoms. The molecule has 2 unspecified atom stereocenters. The quantitative estimate of drug-likeness (QED) is 0.664. The predicted molar refractivity (Wildman–Crippen MR) is 102 cm³/mol. The molecule has 128 valence electrons. The predicted octanol–water partition coefficient (Wildman–Crippen LogP) is 4.51. The number of hydrogen-bond acceptors (Lipinski definition) is 2. The van der Waals surface area contributed by atoms with Gasteiger partial charge in [-0.1, -0.05) is 50.3 Å². The van der Waals surface area contributed by atoms with Gasteiger partial charge >= 0.3 is 0 Å². The molecule has 1 aliphatic carbocycles. The summed E-state index contributed by atoms with van der Waals surface area (Å²) < 4.78 is 0. The SMILES string of the molecule is CCCNC(C)CC1(CC(C)NCCC)C=Cc2ccccc21. The molecule has 2 rings (SSSR count). The van der Waals surface area contributed by atoms with Crippen LogP contribution in [0.1, 0.15) is 64.5 Å². The Hall–Kier alpha value is -1.12. The zero-order valence-electron chi connectivity index (χ0n) is 15.4. The van der Waals surface area contributed by atoms with Crippen molar-refractivity contribution in [1.82, 2.24) is 10.6 Å². The van der Waals surface area contributed by atoms with E-state index in [2.05, 4.69) is 74.7 Å². The highest BCUT2D eigenvalue weighted by Gasteiger charge is 2.36. The normalized spacial score (nSPS) is 22.1. The summed E-state index contributed by atoms with van der Waals surface area (Å²) in [5, 5.41) is 7.35. The standard InChI is InChI=1S/C21H34N2/c1-5-13-22-17(3)15-21(16-18(4)23-14-6-2)12-11-19-9-7-8-10-20(19)21/h7-12,17-18,22-23H,5-6,13-16H2,1-4H3. The van der Waals surface area contributed by atoms with Gasteiger partial charge in [-0.05, 0) is 63.7 Å². The van der Waals surface area contributed by atoms with Gasteiger partial charge in [-0.3, -0.25) is 0 Å². The number of rotatable bonds is 10. The molecule has 0 fully saturated rings. The van der Waals surface area contributed by atoms with Gasteiger partial charge in [0.2, 0.25) is 0 Å². The van der Waals surface area contributed by atoms with Crippen molar-refractivity contribution in [2.45, 2.75) is 70.9 Å². The van der Waals surface area contributed by atoms with Gasteiger partial charge in [0.05, 0.1) is 0 Å². The molecule has 2 nitrogen and oxygen atoms in total. The summed E-state index contributed by atoms with van der Waals surface area (Å²) in [4.78, 5) is 0. The van der Waals surface area contributed by atoms with Crippen molar-refractivity contribution in [3.8, 4) is 0 Å². The summed E-state index contributed by atoms with van der Waals surface area (Å²) in [6.07, 6.45) is 9.51. The van der Waals surface area contributed by atoms with Gasteiger partial charge in [-0.25, -0.2) is 0 Å². The highest BCUT2D eigenvalue weighted by Crippen LogP contribution is 2.43. The molecular weight excluding hydrogens is 280 g/mol. The molecule has 0 bridgehead atoms. The molecular formula is C21H34N2. The fraction of sp³-hybridized carbons (Fsp3) is 0.619. The molecule has 0 aliphatic heterocycles. The Morgan fingerprint density at radius 2 is 1.48 bits per heavy atom. The molecule has 0 saturated carbocycles. The zero-order chi connectivity index (χ0) is 16.7. The van der Waals surface area contributed by atoms with Gasteiger partial charge in [-0.2, -0.15) is 0 Å². The van der Waals surface area contributed by atoms with E-state index >= 15 is 0 Å². The summed E-state index contributed by atoms with van der Waals surface area (Å²) in [6.45, 7) is 11.3. The first-order valence-electron chi connectivity index (χ1n) is 9.37. The third kappa shape index (κ3) is 4.68. The summed E-state index contributed by atoms with van der Waals surface area (Å²) in [5.41, 5.74) is 3.07. The average Bonchev–Trinajstić information content (AvgIpc) is 2.90. The van der Waals surface area contributed by atoms with E-state index in [4.69, 9.17) is 0 Å². The minimum absolute atomic E-state index is 0.164. The van der Waals surface area contributed by atoms with Crippen LogP contribution >= 0.6 is 0 Å². The minimum atomic E-state index is 0.164. The molecule has 2 N–H and O–H groups in total. The van der Waals surface area contributed by atoms with E-state index in [0.717, 1.165) is 13.1 Å². The van der Waals surface area contributed by atoms with E-state index in [1.807, 2.05) is 0 Å². The van der Waals surface area contributed by atoms with Gasteiger partial charge in [0.15, 0.2) is 0 Å². The molecule has 2 heteroatoms. The Morgan fingerprint density at radius 3 is 2.04 bits per heavy atom. The zero-order valence-corrected chi connectivity index (χ0v) is 15.4. The number of benzene rings is 1. The van der Waals surface area contributed by atoms with Crippen LogP contribution in [0.5, 0.6) is 0 Å². The Kier molecular flexibility index (Phi) is 6.86. The first-order chi connectivity index (χ1) is 11.1. The lowest BCUT2D eigenvalue weighted by molar-refractivity contribution is 0.342. The Labute approximate surface area is 142 Å². The fourth-order valence-electron chi connectivity index (χ4n) is 3.89. The summed E-state index contributed by atoms with van der Waals surface area (Å²) >= 11 is 0. The highest BCUT2D eigenvalue weighted by atomic mass is 14.9. The lowest BCUT2D eigenvalue weighted by Crippen LogP contribution is -2.40. The summed E-state index contributed by atoms with van der Waals surface area (Å²) in [7, 11) is 0. The van der Waals surface area contributed by atoms with Crippen LogP contribution in [0.4, 0.5) is 0 Å². The second-order valence-corrected chi connectivity index (χ2v) is 7.20. The van der Waals surface area contributed by atoms with Gasteiger partial charge in [0.25, 0.3) is 0 Å². The van der Waals surface area contributed by atoms with Crippen molar-refractivity contribution in [3.05, 3.63) is 41.5 Å². The van der Waals surface area contributed by atoms with Crippen LogP contribution in [0, 0.1) is 0 Å². The molecule has 0 heterocycles. The van der Waals surface area contributed by atoms with Crippen LogP contribution in [0.25, 0.3) is 6.08 Å². The number of fused-ring (bicyclic) bond motifs is 1. The van der Waals surface area contributed by atoms with E-state index in [-0.39, 0.29) is 5.41 Å². The van der Waals surface area contributed by atoms with Gasteiger partial charge in [-0.15, -0.1) is 0 Å². The summed E-state index contributed by atoms with van der Waals surface area (Å²) in [6, 6.07) is 9.98. The molecule has 1 aromatic carbocycles. The largest absolute Gasteiger partial charge is 0.314 e. The maximum absolute atomic E-state index is 3.68.